The normalized spacial score (nSPS) is 14.1. The number of ether oxygens (including phenoxy) is 2. The lowest BCUT2D eigenvalue weighted by Gasteiger charge is -2.32. The van der Waals surface area contributed by atoms with Gasteiger partial charge in [0.1, 0.15) is 29.9 Å². The molecule has 1 aliphatic carbocycles. The van der Waals surface area contributed by atoms with E-state index in [1.54, 1.807) is 62.6 Å². The molecular formula is C32H38FN3O6S. The average Bonchev–Trinajstić information content (AvgIpc) is 3.52. The molecule has 1 saturated carbocycles. The zero-order valence-corrected chi connectivity index (χ0v) is 25.5. The van der Waals surface area contributed by atoms with Crippen molar-refractivity contribution in [1.29, 1.82) is 0 Å². The first-order valence-electron chi connectivity index (χ1n) is 14.4. The zero-order valence-electron chi connectivity index (χ0n) is 24.7. The van der Waals surface area contributed by atoms with Crippen LogP contribution in [0.4, 0.5) is 10.1 Å². The molecule has 3 aromatic rings. The van der Waals surface area contributed by atoms with E-state index in [0.29, 0.717) is 18.1 Å². The highest BCUT2D eigenvalue weighted by atomic mass is 32.2. The summed E-state index contributed by atoms with van der Waals surface area (Å²) in [5, 5.41) is 3.05. The molecule has 0 spiro atoms. The van der Waals surface area contributed by atoms with Crippen LogP contribution in [0, 0.1) is 5.82 Å². The summed E-state index contributed by atoms with van der Waals surface area (Å²) in [6.45, 7) is 3.37. The van der Waals surface area contributed by atoms with E-state index in [0.717, 1.165) is 59.8 Å². The van der Waals surface area contributed by atoms with Crippen LogP contribution in [-0.2, 0) is 26.2 Å². The molecule has 0 aliphatic heterocycles. The topological polar surface area (TPSA) is 105 Å². The molecule has 3 aromatic carbocycles. The molecule has 0 radical (unpaired) electrons. The third-order valence-corrected chi connectivity index (χ3v) is 9.29. The Kier molecular flexibility index (Phi) is 10.6. The summed E-state index contributed by atoms with van der Waals surface area (Å²) in [6, 6.07) is 17.0. The van der Waals surface area contributed by atoms with Gasteiger partial charge in [0.25, 0.3) is 10.0 Å². The minimum atomic E-state index is -4.31. The summed E-state index contributed by atoms with van der Waals surface area (Å²) < 4.78 is 53.2. The highest BCUT2D eigenvalue weighted by molar-refractivity contribution is 7.92. The molecule has 1 N–H and O–H groups in total. The quantitative estimate of drug-likeness (QED) is 0.295. The predicted molar refractivity (Wildman–Crippen MR) is 162 cm³/mol. The predicted octanol–water partition coefficient (Wildman–Crippen LogP) is 4.90. The summed E-state index contributed by atoms with van der Waals surface area (Å²) in [7, 11) is -2.76. The summed E-state index contributed by atoms with van der Waals surface area (Å²) in [5.41, 5.74) is 0.956. The number of nitrogens with one attached hydrogen (secondary N) is 1. The van der Waals surface area contributed by atoms with Crippen molar-refractivity contribution >= 4 is 27.5 Å². The van der Waals surface area contributed by atoms with Gasteiger partial charge in [0.2, 0.25) is 11.8 Å². The van der Waals surface area contributed by atoms with Gasteiger partial charge >= 0.3 is 0 Å². The molecule has 1 fully saturated rings. The first-order chi connectivity index (χ1) is 20.6. The molecule has 11 heteroatoms. The van der Waals surface area contributed by atoms with Gasteiger partial charge in [-0.1, -0.05) is 25.0 Å². The van der Waals surface area contributed by atoms with Gasteiger partial charge in [0.05, 0.1) is 24.3 Å². The van der Waals surface area contributed by atoms with E-state index in [1.807, 2.05) is 6.92 Å². The van der Waals surface area contributed by atoms with Gasteiger partial charge in [-0.25, -0.2) is 12.8 Å². The average molecular weight is 612 g/mol. The Labute approximate surface area is 252 Å². The second kappa shape index (κ2) is 14.4. The first-order valence-corrected chi connectivity index (χ1v) is 15.8. The van der Waals surface area contributed by atoms with Gasteiger partial charge in [-0.05, 0) is 92.9 Å². The summed E-state index contributed by atoms with van der Waals surface area (Å²) >= 11 is 0. The molecule has 0 unspecified atom stereocenters. The molecular weight excluding hydrogens is 573 g/mol. The SMILES string of the molecule is CCOc1ccc(N(CC(=O)N(Cc2ccc(OC)cc2)[C@@H](C)C(=O)NC2CCCC2)S(=O)(=O)c2ccc(F)cc2)cc1. The summed E-state index contributed by atoms with van der Waals surface area (Å²) in [5.74, 6) is -0.293. The molecule has 0 heterocycles. The Morgan fingerprint density at radius 1 is 0.953 bits per heavy atom. The van der Waals surface area contributed by atoms with Crippen molar-refractivity contribution in [2.75, 3.05) is 24.6 Å². The van der Waals surface area contributed by atoms with Crippen molar-refractivity contribution in [3.05, 3.63) is 84.2 Å². The number of benzene rings is 3. The number of rotatable bonds is 13. The van der Waals surface area contributed by atoms with Crippen LogP contribution in [0.25, 0.3) is 0 Å². The van der Waals surface area contributed by atoms with Crippen LogP contribution in [0.15, 0.2) is 77.7 Å². The van der Waals surface area contributed by atoms with Gasteiger partial charge < -0.3 is 19.7 Å². The van der Waals surface area contributed by atoms with E-state index in [1.165, 1.54) is 4.90 Å². The van der Waals surface area contributed by atoms with Crippen molar-refractivity contribution in [3.63, 3.8) is 0 Å². The lowest BCUT2D eigenvalue weighted by Crippen LogP contribution is -2.52. The summed E-state index contributed by atoms with van der Waals surface area (Å²) in [4.78, 5) is 28.6. The molecule has 9 nitrogen and oxygen atoms in total. The lowest BCUT2D eigenvalue weighted by atomic mass is 10.1. The number of carbonyl (C=O) groups is 2. The maximum Gasteiger partial charge on any atom is 0.264 e. The van der Waals surface area contributed by atoms with E-state index in [-0.39, 0.29) is 29.1 Å². The number of amides is 2. The van der Waals surface area contributed by atoms with Crippen molar-refractivity contribution in [3.8, 4) is 11.5 Å². The van der Waals surface area contributed by atoms with Crippen LogP contribution in [0.1, 0.15) is 45.1 Å². The van der Waals surface area contributed by atoms with E-state index in [4.69, 9.17) is 9.47 Å². The van der Waals surface area contributed by atoms with Crippen LogP contribution in [0.3, 0.4) is 0 Å². The Hall–Kier alpha value is -4.12. The monoisotopic (exact) mass is 611 g/mol. The van der Waals surface area contributed by atoms with Gasteiger partial charge in [0, 0.05) is 12.6 Å². The first kappa shape index (κ1) is 31.8. The molecule has 4 rings (SSSR count). The smallest absolute Gasteiger partial charge is 0.264 e. The minimum absolute atomic E-state index is 0.0482. The fourth-order valence-corrected chi connectivity index (χ4v) is 6.45. The van der Waals surface area contributed by atoms with Crippen molar-refractivity contribution < 1.29 is 31.9 Å². The summed E-state index contributed by atoms with van der Waals surface area (Å²) in [6.07, 6.45) is 3.83. The number of nitrogens with zero attached hydrogens (tertiary/aromatic N) is 2. The molecule has 1 atom stereocenters. The molecule has 43 heavy (non-hydrogen) atoms. The lowest BCUT2D eigenvalue weighted by molar-refractivity contribution is -0.139. The molecule has 1 aliphatic rings. The van der Waals surface area contributed by atoms with E-state index >= 15 is 0 Å². The number of hydrogen-bond donors (Lipinski definition) is 1. The van der Waals surface area contributed by atoms with Gasteiger partial charge in [-0.2, -0.15) is 0 Å². The highest BCUT2D eigenvalue weighted by Gasteiger charge is 2.33. The Balaban J connectivity index is 1.68. The maximum absolute atomic E-state index is 14.1. The highest BCUT2D eigenvalue weighted by Crippen LogP contribution is 2.27. The molecule has 2 amide bonds. The second-order valence-corrected chi connectivity index (χ2v) is 12.3. The number of anilines is 1. The zero-order chi connectivity index (χ0) is 31.0. The molecule has 0 bridgehead atoms. The number of halogens is 1. The second-order valence-electron chi connectivity index (χ2n) is 10.4. The molecule has 0 saturated heterocycles. The Bertz CT molecular complexity index is 1470. The minimum Gasteiger partial charge on any atom is -0.497 e. The Morgan fingerprint density at radius 2 is 1.56 bits per heavy atom. The van der Waals surface area contributed by atoms with Gasteiger partial charge in [-0.3, -0.25) is 13.9 Å². The van der Waals surface area contributed by atoms with Gasteiger partial charge in [0.15, 0.2) is 0 Å². The third-order valence-electron chi connectivity index (χ3n) is 7.50. The third kappa shape index (κ3) is 8.04. The standard InChI is InChI=1S/C32H38FN3O6S/c1-4-42-29-17-13-27(14-18-29)36(43(39,40)30-19-11-25(33)12-20-30)22-31(37)35(21-24-9-15-28(41-3)16-10-24)23(2)32(38)34-26-7-5-6-8-26/h9-20,23,26H,4-8,21-22H2,1-3H3,(H,34,38)/t23-/m0/s1. The van der Waals surface area contributed by atoms with Gasteiger partial charge in [-0.15, -0.1) is 0 Å². The van der Waals surface area contributed by atoms with Crippen molar-refractivity contribution in [2.24, 2.45) is 0 Å². The fraction of sp³-hybridized carbons (Fsp3) is 0.375. The number of sulfonamides is 1. The van der Waals surface area contributed by atoms with E-state index < -0.39 is 34.3 Å². The van der Waals surface area contributed by atoms with Crippen LogP contribution < -0.4 is 19.1 Å². The number of methoxy groups -OCH3 is 1. The number of carbonyl (C=O) groups excluding carboxylic acids is 2. The van der Waals surface area contributed by atoms with Crippen molar-refractivity contribution in [1.82, 2.24) is 10.2 Å². The largest absolute Gasteiger partial charge is 0.497 e. The van der Waals surface area contributed by atoms with E-state index in [2.05, 4.69) is 5.32 Å². The number of hydrogen-bond acceptors (Lipinski definition) is 6. The van der Waals surface area contributed by atoms with Crippen molar-refractivity contribution in [2.45, 2.75) is 63.1 Å². The van der Waals surface area contributed by atoms with Crippen LogP contribution >= 0.6 is 0 Å². The molecule has 230 valence electrons. The van der Waals surface area contributed by atoms with Crippen LogP contribution in [-0.4, -0.2) is 57.5 Å². The van der Waals surface area contributed by atoms with E-state index in [9.17, 15) is 22.4 Å². The van der Waals surface area contributed by atoms with Crippen LogP contribution in [0.2, 0.25) is 0 Å². The Morgan fingerprint density at radius 3 is 2.14 bits per heavy atom. The van der Waals surface area contributed by atoms with Crippen LogP contribution in [0.5, 0.6) is 11.5 Å². The molecule has 0 aromatic heterocycles. The maximum atomic E-state index is 14.1. The fourth-order valence-electron chi connectivity index (χ4n) is 5.04.